The van der Waals surface area contributed by atoms with Gasteiger partial charge in [-0.2, -0.15) is 0 Å². The molecule has 1 saturated heterocycles. The van der Waals surface area contributed by atoms with Gasteiger partial charge in [-0.15, -0.1) is 0 Å². The number of amides is 1. The Morgan fingerprint density at radius 3 is 2.58 bits per heavy atom. The molecule has 2 saturated carbocycles. The molecule has 106 valence electrons. The predicted octanol–water partition coefficient (Wildman–Crippen LogP) is 0.825. The van der Waals surface area contributed by atoms with Crippen LogP contribution in [0.15, 0.2) is 0 Å². The van der Waals surface area contributed by atoms with Crippen molar-refractivity contribution in [2.45, 2.75) is 50.6 Å². The lowest BCUT2D eigenvalue weighted by atomic mass is 9.83. The van der Waals surface area contributed by atoms with E-state index in [0.29, 0.717) is 18.9 Å². The smallest absolute Gasteiger partial charge is 0.326 e. The van der Waals surface area contributed by atoms with Gasteiger partial charge in [-0.05, 0) is 49.9 Å². The first-order valence-electron chi connectivity index (χ1n) is 7.36. The van der Waals surface area contributed by atoms with E-state index in [1.165, 1.54) is 24.2 Å². The highest BCUT2D eigenvalue weighted by atomic mass is 16.4. The maximum atomic E-state index is 12.5. The summed E-state index contributed by atoms with van der Waals surface area (Å²) in [6, 6.07) is -1.15. The van der Waals surface area contributed by atoms with Crippen LogP contribution >= 0.6 is 0 Å². The zero-order valence-electron chi connectivity index (χ0n) is 11.1. The van der Waals surface area contributed by atoms with Crippen molar-refractivity contribution < 1.29 is 14.7 Å². The van der Waals surface area contributed by atoms with Gasteiger partial charge in [0.25, 0.3) is 0 Å². The average Bonchev–Trinajstić information content (AvgIpc) is 3.11. The quantitative estimate of drug-likeness (QED) is 0.792. The summed E-state index contributed by atoms with van der Waals surface area (Å²) in [7, 11) is 0. The van der Waals surface area contributed by atoms with Crippen molar-refractivity contribution >= 4 is 11.9 Å². The van der Waals surface area contributed by atoms with E-state index in [-0.39, 0.29) is 11.8 Å². The van der Waals surface area contributed by atoms with Crippen LogP contribution in [0, 0.1) is 17.8 Å². The summed E-state index contributed by atoms with van der Waals surface area (Å²) in [5, 5.41) is 9.15. The van der Waals surface area contributed by atoms with Gasteiger partial charge in [-0.25, -0.2) is 4.79 Å². The third-order valence-electron chi connectivity index (χ3n) is 5.36. The van der Waals surface area contributed by atoms with Crippen LogP contribution in [0.25, 0.3) is 0 Å². The van der Waals surface area contributed by atoms with Gasteiger partial charge in [0.2, 0.25) is 5.91 Å². The molecule has 1 amide bonds. The third kappa shape index (κ3) is 2.14. The Bertz CT molecular complexity index is 398. The predicted molar refractivity (Wildman–Crippen MR) is 69.3 cm³/mol. The van der Waals surface area contributed by atoms with E-state index in [9.17, 15) is 9.59 Å². The maximum Gasteiger partial charge on any atom is 0.326 e. The van der Waals surface area contributed by atoms with Crippen molar-refractivity contribution in [2.75, 3.05) is 6.54 Å². The van der Waals surface area contributed by atoms with E-state index in [2.05, 4.69) is 0 Å². The molecule has 19 heavy (non-hydrogen) atoms. The van der Waals surface area contributed by atoms with Crippen LogP contribution in [0.1, 0.15) is 38.5 Å². The lowest BCUT2D eigenvalue weighted by Crippen LogP contribution is -2.52. The molecule has 0 aromatic carbocycles. The van der Waals surface area contributed by atoms with E-state index in [0.717, 1.165) is 18.8 Å². The molecule has 1 aliphatic heterocycles. The number of hydrogen-bond acceptors (Lipinski definition) is 3. The standard InChI is InChI=1S/C14H22N2O3/c15-12(10-7-8-3-4-9(10)6-8)13(17)16-5-1-2-11(16)14(18)19/h8-12H,1-7,15H2,(H,18,19)/t8?,9?,10?,11-,12-/m0/s1. The molecule has 5 atom stereocenters. The summed E-state index contributed by atoms with van der Waals surface area (Å²) >= 11 is 0. The number of rotatable bonds is 3. The van der Waals surface area contributed by atoms with Gasteiger partial charge in [0, 0.05) is 6.54 Å². The zero-order chi connectivity index (χ0) is 13.6. The fourth-order valence-electron chi connectivity index (χ4n) is 4.40. The number of likely N-dealkylation sites (tertiary alicyclic amines) is 1. The molecule has 0 aromatic rings. The molecule has 2 aliphatic carbocycles. The summed E-state index contributed by atoms with van der Waals surface area (Å²) < 4.78 is 0. The second-order valence-corrected chi connectivity index (χ2v) is 6.39. The lowest BCUT2D eigenvalue weighted by molar-refractivity contribution is -0.149. The van der Waals surface area contributed by atoms with Crippen molar-refractivity contribution in [2.24, 2.45) is 23.5 Å². The van der Waals surface area contributed by atoms with Gasteiger partial charge in [0.1, 0.15) is 6.04 Å². The Hall–Kier alpha value is -1.10. The van der Waals surface area contributed by atoms with E-state index in [4.69, 9.17) is 10.8 Å². The van der Waals surface area contributed by atoms with E-state index >= 15 is 0 Å². The summed E-state index contributed by atoms with van der Waals surface area (Å²) in [5.41, 5.74) is 6.17. The normalized spacial score (nSPS) is 38.7. The second kappa shape index (κ2) is 4.78. The number of carbonyl (C=O) groups is 2. The molecule has 0 radical (unpaired) electrons. The average molecular weight is 266 g/mol. The Morgan fingerprint density at radius 2 is 2.00 bits per heavy atom. The van der Waals surface area contributed by atoms with E-state index in [1.807, 2.05) is 0 Å². The molecule has 1 heterocycles. The molecule has 3 fully saturated rings. The number of carbonyl (C=O) groups excluding carboxylic acids is 1. The molecule has 5 nitrogen and oxygen atoms in total. The van der Waals surface area contributed by atoms with Crippen LogP contribution in [-0.2, 0) is 9.59 Å². The number of carboxylic acids is 1. The fraction of sp³-hybridized carbons (Fsp3) is 0.857. The van der Waals surface area contributed by atoms with Crippen molar-refractivity contribution in [1.82, 2.24) is 4.90 Å². The van der Waals surface area contributed by atoms with Crippen LogP contribution in [0.4, 0.5) is 0 Å². The second-order valence-electron chi connectivity index (χ2n) is 6.39. The van der Waals surface area contributed by atoms with Gasteiger partial charge < -0.3 is 15.7 Å². The summed E-state index contributed by atoms with van der Waals surface area (Å²) in [5.74, 6) is 0.590. The van der Waals surface area contributed by atoms with Gasteiger partial charge in [0.05, 0.1) is 6.04 Å². The van der Waals surface area contributed by atoms with Crippen LogP contribution in [0.3, 0.4) is 0 Å². The minimum Gasteiger partial charge on any atom is -0.480 e. The van der Waals surface area contributed by atoms with Crippen molar-refractivity contribution in [3.05, 3.63) is 0 Å². The Balaban J connectivity index is 1.68. The molecular weight excluding hydrogens is 244 g/mol. The summed E-state index contributed by atoms with van der Waals surface area (Å²) in [6.45, 7) is 0.546. The minimum atomic E-state index is -0.897. The van der Waals surface area contributed by atoms with Gasteiger partial charge in [0.15, 0.2) is 0 Å². The first kappa shape index (κ1) is 12.9. The molecule has 0 spiro atoms. The molecule has 5 heteroatoms. The van der Waals surface area contributed by atoms with Crippen LogP contribution in [-0.4, -0.2) is 40.5 Å². The van der Waals surface area contributed by atoms with Crippen molar-refractivity contribution in [3.8, 4) is 0 Å². The number of hydrogen-bond donors (Lipinski definition) is 2. The van der Waals surface area contributed by atoms with E-state index < -0.39 is 18.1 Å². The molecule has 3 N–H and O–H groups in total. The number of aliphatic carboxylic acids is 1. The first-order chi connectivity index (χ1) is 9.08. The van der Waals surface area contributed by atoms with Crippen molar-refractivity contribution in [3.63, 3.8) is 0 Å². The molecule has 3 rings (SSSR count). The monoisotopic (exact) mass is 266 g/mol. The highest BCUT2D eigenvalue weighted by Gasteiger charge is 2.46. The molecule has 0 aromatic heterocycles. The zero-order valence-corrected chi connectivity index (χ0v) is 11.1. The highest BCUT2D eigenvalue weighted by molar-refractivity contribution is 5.87. The number of nitrogens with two attached hydrogens (primary N) is 1. The number of fused-ring (bicyclic) bond motifs is 2. The van der Waals surface area contributed by atoms with Gasteiger partial charge >= 0.3 is 5.97 Å². The number of carboxylic acid groups (broad SMARTS) is 1. The van der Waals surface area contributed by atoms with E-state index in [1.54, 1.807) is 0 Å². The first-order valence-corrected chi connectivity index (χ1v) is 7.36. The lowest BCUT2D eigenvalue weighted by Gasteiger charge is -2.31. The maximum absolute atomic E-state index is 12.5. The van der Waals surface area contributed by atoms with Gasteiger partial charge in [-0.1, -0.05) is 6.42 Å². The Labute approximate surface area is 113 Å². The van der Waals surface area contributed by atoms with Crippen LogP contribution in [0.5, 0.6) is 0 Å². The fourth-order valence-corrected chi connectivity index (χ4v) is 4.40. The Kier molecular flexibility index (Phi) is 3.25. The summed E-state index contributed by atoms with van der Waals surface area (Å²) in [6.07, 6.45) is 6.08. The Morgan fingerprint density at radius 1 is 1.21 bits per heavy atom. The van der Waals surface area contributed by atoms with Crippen LogP contribution < -0.4 is 5.73 Å². The number of nitrogens with zero attached hydrogens (tertiary/aromatic N) is 1. The molecule has 3 unspecified atom stereocenters. The summed E-state index contributed by atoms with van der Waals surface area (Å²) in [4.78, 5) is 25.1. The molecule has 2 bridgehead atoms. The van der Waals surface area contributed by atoms with Crippen LogP contribution in [0.2, 0.25) is 0 Å². The topological polar surface area (TPSA) is 83.6 Å². The molecule has 3 aliphatic rings. The third-order valence-corrected chi connectivity index (χ3v) is 5.36. The molecular formula is C14H22N2O3. The largest absolute Gasteiger partial charge is 0.480 e. The highest BCUT2D eigenvalue weighted by Crippen LogP contribution is 2.49. The van der Waals surface area contributed by atoms with Crippen molar-refractivity contribution in [1.29, 1.82) is 0 Å². The SMILES string of the molecule is N[C@H](C(=O)N1CCC[C@H]1C(=O)O)C1CC2CCC1C2. The van der Waals surface area contributed by atoms with Gasteiger partial charge in [-0.3, -0.25) is 4.79 Å². The minimum absolute atomic E-state index is 0.137.